The summed E-state index contributed by atoms with van der Waals surface area (Å²) in [5, 5.41) is 0. The number of hydrogen-bond donors (Lipinski definition) is 2. The number of carbonyl (C=O) groups is 1. The van der Waals surface area contributed by atoms with Crippen LogP contribution in [-0.2, 0) is 0 Å². The normalized spacial score (nSPS) is 9.58. The van der Waals surface area contributed by atoms with E-state index in [-0.39, 0.29) is 5.91 Å². The highest BCUT2D eigenvalue weighted by Crippen LogP contribution is 2.15. The van der Waals surface area contributed by atoms with Gasteiger partial charge in [-0.1, -0.05) is 0 Å². The van der Waals surface area contributed by atoms with E-state index in [4.69, 9.17) is 5.84 Å². The van der Waals surface area contributed by atoms with Gasteiger partial charge in [-0.25, -0.2) is 10.8 Å². The van der Waals surface area contributed by atoms with Crippen LogP contribution in [0, 0.1) is 3.57 Å². The first kappa shape index (κ1) is 9.87. The van der Waals surface area contributed by atoms with Crippen LogP contribution in [0.25, 0.3) is 0 Å². The molecule has 1 aromatic heterocycles. The van der Waals surface area contributed by atoms with Gasteiger partial charge in [0.05, 0.1) is 0 Å². The van der Waals surface area contributed by atoms with E-state index in [0.717, 1.165) is 8.04 Å². The molecule has 0 radical (unpaired) electrons. The molecule has 4 nitrogen and oxygen atoms in total. The van der Waals surface area contributed by atoms with E-state index < -0.39 is 0 Å². The van der Waals surface area contributed by atoms with Crippen molar-refractivity contribution in [1.29, 1.82) is 0 Å². The zero-order valence-electron chi connectivity index (χ0n) is 5.84. The Balaban J connectivity index is 3.09. The fourth-order valence-corrected chi connectivity index (χ4v) is 2.13. The predicted octanol–water partition coefficient (Wildman–Crippen LogP) is 1.05. The quantitative estimate of drug-likeness (QED) is 0.347. The Bertz CT molecular complexity index is 318. The first-order valence-corrected chi connectivity index (χ1v) is 4.84. The van der Waals surface area contributed by atoms with Crippen molar-refractivity contribution in [2.24, 2.45) is 5.84 Å². The lowest BCUT2D eigenvalue weighted by molar-refractivity contribution is 0.0947. The van der Waals surface area contributed by atoms with Crippen LogP contribution in [0.2, 0.25) is 0 Å². The van der Waals surface area contributed by atoms with Crippen LogP contribution in [-0.4, -0.2) is 10.9 Å². The standard InChI is InChI=1S/C6H5BrIN3O/c7-3-1-4(8)5(10-2-3)6(12)11-9/h1-2H,9H2,(H,11,12). The smallest absolute Gasteiger partial charge is 0.284 e. The second-order valence-electron chi connectivity index (χ2n) is 1.96. The average molecular weight is 342 g/mol. The fourth-order valence-electron chi connectivity index (χ4n) is 0.650. The minimum absolute atomic E-state index is 0.335. The van der Waals surface area contributed by atoms with E-state index >= 15 is 0 Å². The highest BCUT2D eigenvalue weighted by atomic mass is 127. The summed E-state index contributed by atoms with van der Waals surface area (Å²) in [4.78, 5) is 14.9. The molecule has 1 amide bonds. The van der Waals surface area contributed by atoms with E-state index in [1.54, 1.807) is 12.3 Å². The van der Waals surface area contributed by atoms with Crippen molar-refractivity contribution < 1.29 is 4.79 Å². The summed E-state index contributed by atoms with van der Waals surface area (Å²) < 4.78 is 1.59. The van der Waals surface area contributed by atoms with Gasteiger partial charge in [0.2, 0.25) is 0 Å². The highest BCUT2D eigenvalue weighted by Gasteiger charge is 2.09. The minimum Gasteiger partial charge on any atom is -0.289 e. The lowest BCUT2D eigenvalue weighted by Crippen LogP contribution is -2.31. The number of rotatable bonds is 1. The Morgan fingerprint density at radius 2 is 2.42 bits per heavy atom. The van der Waals surface area contributed by atoms with Crippen LogP contribution >= 0.6 is 38.5 Å². The lowest BCUT2D eigenvalue weighted by Gasteiger charge is -2.00. The van der Waals surface area contributed by atoms with Gasteiger partial charge in [0.25, 0.3) is 5.91 Å². The minimum atomic E-state index is -0.382. The van der Waals surface area contributed by atoms with Crippen molar-refractivity contribution >= 4 is 44.4 Å². The molecule has 0 atom stereocenters. The number of nitrogens with one attached hydrogen (secondary N) is 1. The number of halogens is 2. The topological polar surface area (TPSA) is 68.0 Å². The summed E-state index contributed by atoms with van der Waals surface area (Å²) in [5.41, 5.74) is 2.35. The lowest BCUT2D eigenvalue weighted by atomic mass is 10.3. The van der Waals surface area contributed by atoms with Gasteiger partial charge >= 0.3 is 0 Å². The molecular weight excluding hydrogens is 337 g/mol. The Labute approximate surface area is 91.2 Å². The molecule has 64 valence electrons. The Morgan fingerprint density at radius 1 is 1.75 bits per heavy atom. The number of pyridine rings is 1. The van der Waals surface area contributed by atoms with Crippen LogP contribution in [0.15, 0.2) is 16.7 Å². The Kier molecular flexibility index (Phi) is 3.41. The van der Waals surface area contributed by atoms with Crippen LogP contribution in [0.1, 0.15) is 10.5 Å². The van der Waals surface area contributed by atoms with Gasteiger partial charge in [0, 0.05) is 14.2 Å². The number of nitrogens with zero attached hydrogens (tertiary/aromatic N) is 1. The third kappa shape index (κ3) is 2.14. The summed E-state index contributed by atoms with van der Waals surface area (Å²) in [6.07, 6.45) is 1.55. The van der Waals surface area contributed by atoms with E-state index in [1.807, 2.05) is 28.0 Å². The van der Waals surface area contributed by atoms with E-state index in [0.29, 0.717) is 5.69 Å². The molecule has 12 heavy (non-hydrogen) atoms. The van der Waals surface area contributed by atoms with Crippen molar-refractivity contribution in [2.45, 2.75) is 0 Å². The number of carbonyl (C=O) groups excluding carboxylic acids is 1. The number of nitrogen functional groups attached to an aromatic ring is 1. The van der Waals surface area contributed by atoms with Gasteiger partial charge in [-0.05, 0) is 44.6 Å². The molecule has 0 aliphatic carbocycles. The molecule has 1 rings (SSSR count). The monoisotopic (exact) mass is 341 g/mol. The zero-order valence-corrected chi connectivity index (χ0v) is 9.59. The molecule has 1 heterocycles. The summed E-state index contributed by atoms with van der Waals surface area (Å²) >= 11 is 5.25. The zero-order chi connectivity index (χ0) is 9.14. The maximum atomic E-state index is 11.0. The summed E-state index contributed by atoms with van der Waals surface area (Å²) in [6.45, 7) is 0. The number of nitrogens with two attached hydrogens (primary N) is 1. The third-order valence-corrected chi connectivity index (χ3v) is 2.41. The fraction of sp³-hybridized carbons (Fsp3) is 0. The number of hydrazine groups is 1. The molecule has 0 fully saturated rings. The molecule has 0 unspecified atom stereocenters. The van der Waals surface area contributed by atoms with Crippen LogP contribution in [0.5, 0.6) is 0 Å². The maximum absolute atomic E-state index is 11.0. The molecule has 0 bridgehead atoms. The average Bonchev–Trinajstić information content (AvgIpc) is 2.03. The van der Waals surface area contributed by atoms with Crippen LogP contribution < -0.4 is 11.3 Å². The van der Waals surface area contributed by atoms with E-state index in [9.17, 15) is 4.79 Å². The molecular formula is C6H5BrIN3O. The van der Waals surface area contributed by atoms with Gasteiger partial charge < -0.3 is 0 Å². The highest BCUT2D eigenvalue weighted by molar-refractivity contribution is 14.1. The van der Waals surface area contributed by atoms with E-state index in [1.165, 1.54) is 0 Å². The number of hydrogen-bond acceptors (Lipinski definition) is 3. The third-order valence-electron chi connectivity index (χ3n) is 1.15. The van der Waals surface area contributed by atoms with Crippen LogP contribution in [0.4, 0.5) is 0 Å². The molecule has 0 aliphatic heterocycles. The first-order chi connectivity index (χ1) is 5.65. The van der Waals surface area contributed by atoms with Gasteiger partial charge in [-0.2, -0.15) is 0 Å². The molecule has 0 spiro atoms. The summed E-state index contributed by atoms with van der Waals surface area (Å²) in [6, 6.07) is 1.79. The van der Waals surface area contributed by atoms with Gasteiger partial charge in [0.1, 0.15) is 5.69 Å². The van der Waals surface area contributed by atoms with Crippen molar-refractivity contribution in [2.75, 3.05) is 0 Å². The van der Waals surface area contributed by atoms with E-state index in [2.05, 4.69) is 20.9 Å². The van der Waals surface area contributed by atoms with Crippen molar-refractivity contribution in [1.82, 2.24) is 10.4 Å². The molecule has 0 saturated heterocycles. The van der Waals surface area contributed by atoms with Crippen LogP contribution in [0.3, 0.4) is 0 Å². The predicted molar refractivity (Wildman–Crippen MR) is 56.3 cm³/mol. The van der Waals surface area contributed by atoms with Gasteiger partial charge in [0.15, 0.2) is 0 Å². The second kappa shape index (κ2) is 4.15. The number of aromatic nitrogens is 1. The second-order valence-corrected chi connectivity index (χ2v) is 4.04. The molecule has 3 N–H and O–H groups in total. The molecule has 1 aromatic rings. The Hall–Kier alpha value is -0.210. The first-order valence-electron chi connectivity index (χ1n) is 2.97. The van der Waals surface area contributed by atoms with Crippen molar-refractivity contribution in [3.05, 3.63) is 26.0 Å². The summed E-state index contributed by atoms with van der Waals surface area (Å²) in [5.74, 6) is 4.57. The number of amides is 1. The SMILES string of the molecule is NNC(=O)c1ncc(Br)cc1I. The molecule has 6 heteroatoms. The molecule has 0 aliphatic rings. The molecule has 0 aromatic carbocycles. The summed E-state index contributed by atoms with van der Waals surface area (Å²) in [7, 11) is 0. The maximum Gasteiger partial charge on any atom is 0.284 e. The molecule has 0 saturated carbocycles. The Morgan fingerprint density at radius 3 is 2.92 bits per heavy atom. The van der Waals surface area contributed by atoms with Gasteiger partial charge in [-0.3, -0.25) is 10.2 Å². The van der Waals surface area contributed by atoms with Crippen molar-refractivity contribution in [3.63, 3.8) is 0 Å². The van der Waals surface area contributed by atoms with Gasteiger partial charge in [-0.15, -0.1) is 0 Å². The van der Waals surface area contributed by atoms with Crippen molar-refractivity contribution in [3.8, 4) is 0 Å². The largest absolute Gasteiger partial charge is 0.289 e.